The van der Waals surface area contributed by atoms with E-state index in [4.69, 9.17) is 10.5 Å². The van der Waals surface area contributed by atoms with E-state index in [0.717, 1.165) is 22.3 Å². The number of amides is 1. The molecule has 0 aliphatic heterocycles. The van der Waals surface area contributed by atoms with Crippen molar-refractivity contribution in [3.05, 3.63) is 78.6 Å². The van der Waals surface area contributed by atoms with Crippen LogP contribution in [0.4, 0.5) is 22.9 Å². The third-order valence-electron chi connectivity index (χ3n) is 4.46. The van der Waals surface area contributed by atoms with E-state index in [9.17, 15) is 4.79 Å². The Morgan fingerprint density at radius 3 is 2.55 bits per heavy atom. The van der Waals surface area contributed by atoms with Gasteiger partial charge < -0.3 is 21.1 Å². The van der Waals surface area contributed by atoms with Gasteiger partial charge in [-0.1, -0.05) is 12.1 Å². The fraction of sp³-hybridized carbons (Fsp3) is 0.0455. The van der Waals surface area contributed by atoms with Crippen LogP contribution in [0.3, 0.4) is 0 Å². The lowest BCUT2D eigenvalue weighted by molar-refractivity contribution is 0.102. The van der Waals surface area contributed by atoms with Crippen molar-refractivity contribution in [2.75, 3.05) is 23.5 Å². The van der Waals surface area contributed by atoms with Crippen molar-refractivity contribution in [3.63, 3.8) is 0 Å². The highest BCUT2D eigenvalue weighted by molar-refractivity contribution is 6.06. The molecule has 7 nitrogen and oxygen atoms in total. The van der Waals surface area contributed by atoms with Crippen LogP contribution in [0.1, 0.15) is 10.4 Å². The number of methoxy groups -OCH3 is 1. The van der Waals surface area contributed by atoms with Crippen LogP contribution >= 0.6 is 0 Å². The molecule has 0 atom stereocenters. The van der Waals surface area contributed by atoms with Gasteiger partial charge >= 0.3 is 0 Å². The Labute approximate surface area is 167 Å². The Kier molecular flexibility index (Phi) is 4.94. The number of carbonyl (C=O) groups excluding carboxylic acids is 1. The van der Waals surface area contributed by atoms with Gasteiger partial charge in [0.05, 0.1) is 24.0 Å². The molecule has 29 heavy (non-hydrogen) atoms. The summed E-state index contributed by atoms with van der Waals surface area (Å²) in [5.41, 5.74) is 9.10. The molecule has 0 radical (unpaired) electrons. The zero-order chi connectivity index (χ0) is 20.2. The molecule has 4 N–H and O–H groups in total. The minimum Gasteiger partial charge on any atom is -0.497 e. The molecule has 0 saturated heterocycles. The zero-order valence-electron chi connectivity index (χ0n) is 15.7. The first-order valence-electron chi connectivity index (χ1n) is 8.96. The molecule has 0 bridgehead atoms. The number of anilines is 4. The molecule has 0 spiro atoms. The van der Waals surface area contributed by atoms with E-state index in [0.29, 0.717) is 22.8 Å². The smallest absolute Gasteiger partial charge is 0.255 e. The number of aromatic nitrogens is 2. The maximum absolute atomic E-state index is 12.5. The number of benzene rings is 3. The number of ether oxygens (including phenoxy) is 1. The van der Waals surface area contributed by atoms with E-state index in [2.05, 4.69) is 20.6 Å². The van der Waals surface area contributed by atoms with Gasteiger partial charge in [-0.15, -0.1) is 0 Å². The normalized spacial score (nSPS) is 10.5. The van der Waals surface area contributed by atoms with E-state index >= 15 is 0 Å². The third-order valence-corrected chi connectivity index (χ3v) is 4.46. The second-order valence-electron chi connectivity index (χ2n) is 6.35. The lowest BCUT2D eigenvalue weighted by Gasteiger charge is -2.11. The summed E-state index contributed by atoms with van der Waals surface area (Å²) >= 11 is 0. The average molecular weight is 385 g/mol. The second kappa shape index (κ2) is 7.85. The Hall–Kier alpha value is -4.13. The van der Waals surface area contributed by atoms with Crippen molar-refractivity contribution in [1.29, 1.82) is 0 Å². The summed E-state index contributed by atoms with van der Waals surface area (Å²) in [4.78, 5) is 21.1. The minimum atomic E-state index is -0.230. The van der Waals surface area contributed by atoms with Crippen molar-refractivity contribution in [3.8, 4) is 5.75 Å². The SMILES string of the molecule is COc1ccc2ncnc(Nc3ccc(C(=O)Nc4ccccc4N)cc3)c2c1. The van der Waals surface area contributed by atoms with Gasteiger partial charge in [-0.25, -0.2) is 9.97 Å². The number of rotatable bonds is 5. The minimum absolute atomic E-state index is 0.230. The van der Waals surface area contributed by atoms with Crippen molar-refractivity contribution >= 4 is 39.7 Å². The highest BCUT2D eigenvalue weighted by Gasteiger charge is 2.09. The second-order valence-corrected chi connectivity index (χ2v) is 6.35. The van der Waals surface area contributed by atoms with Gasteiger partial charge in [-0.2, -0.15) is 0 Å². The standard InChI is InChI=1S/C22H19N5O2/c1-29-16-10-11-19-17(12-16)21(25-13-24-19)26-15-8-6-14(7-9-15)22(28)27-20-5-3-2-4-18(20)23/h2-13H,23H2,1H3,(H,27,28)(H,24,25,26). The molecule has 1 aromatic heterocycles. The van der Waals surface area contributed by atoms with Crippen LogP contribution in [0.5, 0.6) is 5.75 Å². The molecule has 144 valence electrons. The molecule has 3 aromatic carbocycles. The van der Waals surface area contributed by atoms with Crippen molar-refractivity contribution in [2.24, 2.45) is 0 Å². The number of fused-ring (bicyclic) bond motifs is 1. The molecule has 4 aromatic rings. The largest absolute Gasteiger partial charge is 0.497 e. The van der Waals surface area contributed by atoms with E-state index in [1.807, 2.05) is 42.5 Å². The van der Waals surface area contributed by atoms with Crippen LogP contribution < -0.4 is 21.1 Å². The van der Waals surface area contributed by atoms with Gasteiger partial charge in [0.25, 0.3) is 5.91 Å². The van der Waals surface area contributed by atoms with Gasteiger partial charge in [-0.3, -0.25) is 4.79 Å². The quantitative estimate of drug-likeness (QED) is 0.445. The molecule has 0 unspecified atom stereocenters. The van der Waals surface area contributed by atoms with Gasteiger partial charge in [0.15, 0.2) is 0 Å². The molecule has 1 amide bonds. The zero-order valence-corrected chi connectivity index (χ0v) is 15.7. The number of nitrogen functional groups attached to an aromatic ring is 1. The van der Waals surface area contributed by atoms with Crippen LogP contribution in [0.25, 0.3) is 10.9 Å². The molecule has 4 rings (SSSR count). The van der Waals surface area contributed by atoms with Crippen LogP contribution in [-0.2, 0) is 0 Å². The predicted molar refractivity (Wildman–Crippen MR) is 115 cm³/mol. The Bertz CT molecular complexity index is 1180. The molecule has 0 fully saturated rings. The number of hydrogen-bond acceptors (Lipinski definition) is 6. The Morgan fingerprint density at radius 1 is 1.00 bits per heavy atom. The third kappa shape index (κ3) is 3.93. The fourth-order valence-electron chi connectivity index (χ4n) is 2.91. The summed E-state index contributed by atoms with van der Waals surface area (Å²) < 4.78 is 5.29. The van der Waals surface area contributed by atoms with Crippen molar-refractivity contribution < 1.29 is 9.53 Å². The summed E-state index contributed by atoms with van der Waals surface area (Å²) in [6.07, 6.45) is 1.50. The van der Waals surface area contributed by atoms with Crippen LogP contribution in [-0.4, -0.2) is 23.0 Å². The summed E-state index contributed by atoms with van der Waals surface area (Å²) in [6, 6.07) is 19.9. The molecule has 0 aliphatic carbocycles. The van der Waals surface area contributed by atoms with Gasteiger partial charge in [-0.05, 0) is 54.6 Å². The molecular formula is C22H19N5O2. The van der Waals surface area contributed by atoms with Crippen LogP contribution in [0.2, 0.25) is 0 Å². The lowest BCUT2D eigenvalue weighted by atomic mass is 10.1. The molecule has 1 heterocycles. The Balaban J connectivity index is 1.54. The molecule has 0 aliphatic rings. The average Bonchev–Trinajstić information content (AvgIpc) is 2.76. The van der Waals surface area contributed by atoms with E-state index in [1.54, 1.807) is 31.4 Å². The van der Waals surface area contributed by atoms with Crippen molar-refractivity contribution in [2.45, 2.75) is 0 Å². The maximum Gasteiger partial charge on any atom is 0.255 e. The first-order chi connectivity index (χ1) is 14.1. The number of nitrogens with one attached hydrogen (secondary N) is 2. The summed E-state index contributed by atoms with van der Waals surface area (Å²) in [5.74, 6) is 1.15. The first kappa shape index (κ1) is 18.2. The number of nitrogens with zero attached hydrogens (tertiary/aromatic N) is 2. The van der Waals surface area contributed by atoms with Gasteiger partial charge in [0, 0.05) is 16.6 Å². The van der Waals surface area contributed by atoms with E-state index < -0.39 is 0 Å². The molecule has 0 saturated carbocycles. The first-order valence-corrected chi connectivity index (χ1v) is 8.96. The fourth-order valence-corrected chi connectivity index (χ4v) is 2.91. The number of hydrogen-bond donors (Lipinski definition) is 3. The monoisotopic (exact) mass is 385 g/mol. The van der Waals surface area contributed by atoms with Crippen LogP contribution in [0.15, 0.2) is 73.1 Å². The Morgan fingerprint density at radius 2 is 1.79 bits per heavy atom. The predicted octanol–water partition coefficient (Wildman–Crippen LogP) is 4.22. The highest BCUT2D eigenvalue weighted by Crippen LogP contribution is 2.27. The van der Waals surface area contributed by atoms with Crippen molar-refractivity contribution in [1.82, 2.24) is 9.97 Å². The van der Waals surface area contributed by atoms with Gasteiger partial charge in [0.2, 0.25) is 0 Å². The lowest BCUT2D eigenvalue weighted by Crippen LogP contribution is -2.13. The summed E-state index contributed by atoms with van der Waals surface area (Å²) in [5, 5.41) is 6.92. The maximum atomic E-state index is 12.5. The summed E-state index contributed by atoms with van der Waals surface area (Å²) in [6.45, 7) is 0. The van der Waals surface area contributed by atoms with Gasteiger partial charge in [0.1, 0.15) is 17.9 Å². The molecule has 7 heteroatoms. The number of para-hydroxylation sites is 2. The van der Waals surface area contributed by atoms with E-state index in [-0.39, 0.29) is 5.91 Å². The number of carbonyl (C=O) groups is 1. The topological polar surface area (TPSA) is 102 Å². The van der Waals surface area contributed by atoms with Crippen LogP contribution in [0, 0.1) is 0 Å². The van der Waals surface area contributed by atoms with E-state index in [1.165, 1.54) is 6.33 Å². The number of nitrogens with two attached hydrogens (primary N) is 1. The summed E-state index contributed by atoms with van der Waals surface area (Å²) in [7, 11) is 1.62. The highest BCUT2D eigenvalue weighted by atomic mass is 16.5. The molecular weight excluding hydrogens is 366 g/mol.